The predicted molar refractivity (Wildman–Crippen MR) is 55.8 cm³/mol. The molecule has 1 rings (SSSR count). The van der Waals surface area contributed by atoms with Crippen LogP contribution in [0.5, 0.6) is 0 Å². The normalized spacial score (nSPS) is 27.2. The zero-order valence-electron chi connectivity index (χ0n) is 9.77. The van der Waals surface area contributed by atoms with Gasteiger partial charge in [-0.05, 0) is 17.8 Å². The number of methoxy groups -OCH3 is 1. The Morgan fingerprint density at radius 2 is 1.69 bits per heavy atom. The molecule has 0 saturated heterocycles. The molecule has 78 valence electrons. The van der Waals surface area contributed by atoms with Gasteiger partial charge in [-0.3, -0.25) is 0 Å². The maximum atomic E-state index is 5.20. The van der Waals surface area contributed by atoms with Gasteiger partial charge in [0.25, 0.3) is 0 Å². The Bertz CT molecular complexity index is 173. The van der Waals surface area contributed by atoms with E-state index in [1.807, 2.05) is 0 Å². The first-order valence-electron chi connectivity index (χ1n) is 5.10. The van der Waals surface area contributed by atoms with Crippen LogP contribution in [0.25, 0.3) is 0 Å². The average molecular weight is 185 g/mol. The lowest BCUT2D eigenvalue weighted by atomic mass is 10.0. The van der Waals surface area contributed by atoms with Crippen molar-refractivity contribution in [2.75, 3.05) is 13.7 Å². The van der Waals surface area contributed by atoms with Gasteiger partial charge in [-0.2, -0.15) is 0 Å². The molecule has 1 fully saturated rings. The maximum absolute atomic E-state index is 5.20. The molecule has 0 aliphatic heterocycles. The van der Waals surface area contributed by atoms with Crippen LogP contribution in [0.2, 0.25) is 0 Å². The third kappa shape index (κ3) is 1.75. The minimum absolute atomic E-state index is 0.312. The van der Waals surface area contributed by atoms with Crippen molar-refractivity contribution in [2.45, 2.75) is 46.8 Å². The highest BCUT2D eigenvalue weighted by molar-refractivity contribution is 5.17. The van der Waals surface area contributed by atoms with Gasteiger partial charge < -0.3 is 10.1 Å². The van der Waals surface area contributed by atoms with Crippen molar-refractivity contribution in [2.24, 2.45) is 10.8 Å². The summed E-state index contributed by atoms with van der Waals surface area (Å²) < 4.78 is 5.20. The molecule has 0 spiro atoms. The minimum Gasteiger partial charge on any atom is -0.380 e. The van der Waals surface area contributed by atoms with Gasteiger partial charge in [0, 0.05) is 19.7 Å². The molecule has 1 N–H and O–H groups in total. The van der Waals surface area contributed by atoms with Gasteiger partial charge >= 0.3 is 0 Å². The molecule has 0 aromatic heterocycles. The first-order valence-corrected chi connectivity index (χ1v) is 5.10. The summed E-state index contributed by atoms with van der Waals surface area (Å²) in [5.74, 6) is 0. The molecule has 1 saturated carbocycles. The highest BCUT2D eigenvalue weighted by atomic mass is 16.5. The maximum Gasteiger partial charge on any atom is 0.0667 e. The summed E-state index contributed by atoms with van der Waals surface area (Å²) >= 11 is 0. The summed E-state index contributed by atoms with van der Waals surface area (Å²) in [6.07, 6.45) is 0.312. The number of nitrogens with one attached hydrogen (secondary N) is 1. The van der Waals surface area contributed by atoms with Gasteiger partial charge in [-0.15, -0.1) is 0 Å². The van der Waals surface area contributed by atoms with Crippen LogP contribution in [0, 0.1) is 10.8 Å². The van der Waals surface area contributed by atoms with E-state index in [0.29, 0.717) is 23.0 Å². The summed E-state index contributed by atoms with van der Waals surface area (Å²) in [5, 5.41) is 3.56. The fraction of sp³-hybridized carbons (Fsp3) is 1.00. The van der Waals surface area contributed by atoms with E-state index in [4.69, 9.17) is 4.74 Å². The van der Waals surface area contributed by atoms with Gasteiger partial charge in [0.15, 0.2) is 0 Å². The van der Waals surface area contributed by atoms with E-state index in [1.54, 1.807) is 7.11 Å². The van der Waals surface area contributed by atoms with Crippen molar-refractivity contribution in [3.63, 3.8) is 0 Å². The molecule has 1 unspecified atom stereocenters. The van der Waals surface area contributed by atoms with Crippen molar-refractivity contribution in [3.05, 3.63) is 0 Å². The number of rotatable bonds is 4. The SMILES string of the molecule is COC(C)CNC1C(C)(C)C1(C)C. The van der Waals surface area contributed by atoms with Crippen LogP contribution in [0.1, 0.15) is 34.6 Å². The van der Waals surface area contributed by atoms with Gasteiger partial charge in [0.2, 0.25) is 0 Å². The molecular formula is C11H23NO. The Balaban J connectivity index is 2.34. The van der Waals surface area contributed by atoms with Crippen molar-refractivity contribution in [1.29, 1.82) is 0 Å². The highest BCUT2D eigenvalue weighted by Gasteiger charge is 2.64. The predicted octanol–water partition coefficient (Wildman–Crippen LogP) is 2.05. The number of hydrogen-bond donors (Lipinski definition) is 1. The fourth-order valence-corrected chi connectivity index (χ4v) is 2.07. The summed E-state index contributed by atoms with van der Waals surface area (Å²) in [5.41, 5.74) is 0.862. The third-order valence-corrected chi connectivity index (χ3v) is 4.03. The number of hydrogen-bond acceptors (Lipinski definition) is 2. The van der Waals surface area contributed by atoms with Gasteiger partial charge in [-0.25, -0.2) is 0 Å². The quantitative estimate of drug-likeness (QED) is 0.723. The van der Waals surface area contributed by atoms with E-state index in [0.717, 1.165) is 6.54 Å². The van der Waals surface area contributed by atoms with Gasteiger partial charge in [-0.1, -0.05) is 27.7 Å². The molecule has 0 amide bonds. The Morgan fingerprint density at radius 3 is 2.00 bits per heavy atom. The molecule has 2 heteroatoms. The van der Waals surface area contributed by atoms with Crippen LogP contribution < -0.4 is 5.32 Å². The zero-order chi connectivity index (χ0) is 10.3. The second kappa shape index (κ2) is 3.25. The van der Waals surface area contributed by atoms with Gasteiger partial charge in [0.05, 0.1) is 6.10 Å². The van der Waals surface area contributed by atoms with Crippen LogP contribution in [-0.4, -0.2) is 25.8 Å². The van der Waals surface area contributed by atoms with Crippen LogP contribution in [0.3, 0.4) is 0 Å². The Labute approximate surface area is 82.0 Å². The lowest BCUT2D eigenvalue weighted by molar-refractivity contribution is 0.115. The van der Waals surface area contributed by atoms with Crippen LogP contribution in [0.4, 0.5) is 0 Å². The van der Waals surface area contributed by atoms with E-state index >= 15 is 0 Å². The highest BCUT2D eigenvalue weighted by Crippen LogP contribution is 2.62. The fourth-order valence-electron chi connectivity index (χ4n) is 2.07. The summed E-state index contributed by atoms with van der Waals surface area (Å²) in [6.45, 7) is 12.3. The molecule has 0 radical (unpaired) electrons. The molecule has 2 nitrogen and oxygen atoms in total. The van der Waals surface area contributed by atoms with Crippen molar-refractivity contribution < 1.29 is 4.74 Å². The lowest BCUT2D eigenvalue weighted by Gasteiger charge is -2.11. The average Bonchev–Trinajstić information content (AvgIpc) is 2.40. The van der Waals surface area contributed by atoms with E-state index < -0.39 is 0 Å². The largest absolute Gasteiger partial charge is 0.380 e. The van der Waals surface area contributed by atoms with Crippen LogP contribution in [0.15, 0.2) is 0 Å². The van der Waals surface area contributed by atoms with Crippen molar-refractivity contribution in [3.8, 4) is 0 Å². The van der Waals surface area contributed by atoms with Crippen molar-refractivity contribution in [1.82, 2.24) is 5.32 Å². The summed E-state index contributed by atoms with van der Waals surface area (Å²) in [4.78, 5) is 0. The van der Waals surface area contributed by atoms with Crippen LogP contribution in [-0.2, 0) is 4.74 Å². The summed E-state index contributed by atoms with van der Waals surface area (Å²) in [7, 11) is 1.76. The first-order chi connectivity index (χ1) is 5.84. The molecule has 1 aliphatic carbocycles. The monoisotopic (exact) mass is 185 g/mol. The second-order valence-corrected chi connectivity index (χ2v) is 5.33. The molecule has 1 atom stereocenters. The molecule has 0 bridgehead atoms. The van der Waals surface area contributed by atoms with E-state index in [2.05, 4.69) is 39.9 Å². The van der Waals surface area contributed by atoms with E-state index in [-0.39, 0.29) is 0 Å². The van der Waals surface area contributed by atoms with Crippen LogP contribution >= 0.6 is 0 Å². The molecule has 0 aromatic rings. The Kier molecular flexibility index (Phi) is 2.75. The second-order valence-electron chi connectivity index (χ2n) is 5.33. The molecule has 13 heavy (non-hydrogen) atoms. The minimum atomic E-state index is 0.312. The molecule has 0 heterocycles. The standard InChI is InChI=1S/C11H23NO/c1-8(13-6)7-12-9-10(2,3)11(9,4)5/h8-9,12H,7H2,1-6H3. The molecule has 0 aromatic carbocycles. The van der Waals surface area contributed by atoms with E-state index in [9.17, 15) is 0 Å². The zero-order valence-corrected chi connectivity index (χ0v) is 9.77. The Hall–Kier alpha value is -0.0800. The smallest absolute Gasteiger partial charge is 0.0667 e. The number of ether oxygens (including phenoxy) is 1. The topological polar surface area (TPSA) is 21.3 Å². The summed E-state index contributed by atoms with van der Waals surface area (Å²) in [6, 6.07) is 0.637. The van der Waals surface area contributed by atoms with Gasteiger partial charge in [0.1, 0.15) is 0 Å². The first kappa shape index (κ1) is 11.0. The van der Waals surface area contributed by atoms with E-state index in [1.165, 1.54) is 0 Å². The van der Waals surface area contributed by atoms with Crippen molar-refractivity contribution >= 4 is 0 Å². The Morgan fingerprint density at radius 1 is 1.23 bits per heavy atom. The molecular weight excluding hydrogens is 162 g/mol. The third-order valence-electron chi connectivity index (χ3n) is 4.03. The lowest BCUT2D eigenvalue weighted by Crippen LogP contribution is -2.30. The molecule has 1 aliphatic rings.